The molecule has 2 fully saturated rings. The number of rotatable bonds is 3. The fraction of sp³-hybridized carbons (Fsp3) is 0.667. The zero-order chi connectivity index (χ0) is 17.4. The van der Waals surface area contributed by atoms with Crippen molar-refractivity contribution in [2.45, 2.75) is 62.7 Å². The fourth-order valence-corrected chi connectivity index (χ4v) is 6.68. The fourth-order valence-electron chi connectivity index (χ4n) is 4.98. The lowest BCUT2D eigenvalue weighted by molar-refractivity contribution is 0.0560. The Kier molecular flexibility index (Phi) is 5.15. The molecule has 0 radical (unpaired) electrons. The Bertz CT molecular complexity index is 632. The maximum atomic E-state index is 14.6. The molecule has 24 heavy (non-hydrogen) atoms. The predicted octanol–water partition coefficient (Wildman–Crippen LogP) is 4.92. The second kappa shape index (κ2) is 6.86. The second-order valence-electron chi connectivity index (χ2n) is 7.26. The first-order chi connectivity index (χ1) is 11.4. The van der Waals surface area contributed by atoms with Crippen LogP contribution in [0, 0.1) is 17.7 Å². The highest BCUT2D eigenvalue weighted by Gasteiger charge is 2.58. The van der Waals surface area contributed by atoms with Gasteiger partial charge in [0.1, 0.15) is 17.1 Å². The molecule has 2 aliphatic carbocycles. The van der Waals surface area contributed by atoms with E-state index in [-0.39, 0.29) is 12.0 Å². The molecule has 3 nitrogen and oxygen atoms in total. The summed E-state index contributed by atoms with van der Waals surface area (Å²) in [6, 6.07) is 5.84. The lowest BCUT2D eigenvalue weighted by Crippen LogP contribution is -2.45. The van der Waals surface area contributed by atoms with Crippen LogP contribution in [0.3, 0.4) is 0 Å². The molecule has 1 aromatic carbocycles. The van der Waals surface area contributed by atoms with Gasteiger partial charge < -0.3 is 9.79 Å². The van der Waals surface area contributed by atoms with Gasteiger partial charge >= 0.3 is 7.60 Å². The monoisotopic (exact) mass is 358 g/mol. The Labute approximate surface area is 141 Å². The van der Waals surface area contributed by atoms with Crippen LogP contribution in [0.1, 0.15) is 56.9 Å². The maximum absolute atomic E-state index is 14.6. The highest BCUT2D eigenvalue weighted by Crippen LogP contribution is 2.68. The minimum absolute atomic E-state index is 0.0702. The average Bonchev–Trinajstić information content (AvgIpc) is 2.55. The summed E-state index contributed by atoms with van der Waals surface area (Å²) in [5, 5.41) is -1.59. The first kappa shape index (κ1) is 18.0. The molecule has 0 saturated heterocycles. The lowest BCUT2D eigenvalue weighted by atomic mass is 9.64. The van der Waals surface area contributed by atoms with E-state index in [9.17, 15) is 23.1 Å². The SMILES string of the molecule is O=P(O)(O)C1(c2ccccc2F)CCCCC1C1CCCCC1F. The first-order valence-electron chi connectivity index (χ1n) is 8.82. The van der Waals surface area contributed by atoms with Crippen LogP contribution in [0.15, 0.2) is 24.3 Å². The molecule has 1 aromatic rings. The molecule has 2 N–H and O–H groups in total. The number of hydrogen-bond donors (Lipinski definition) is 2. The van der Waals surface area contributed by atoms with Crippen molar-refractivity contribution in [2.75, 3.05) is 0 Å². The Balaban J connectivity index is 2.14. The number of halogens is 2. The van der Waals surface area contributed by atoms with Crippen molar-refractivity contribution in [3.63, 3.8) is 0 Å². The van der Waals surface area contributed by atoms with Crippen LogP contribution in [0.5, 0.6) is 0 Å². The van der Waals surface area contributed by atoms with Gasteiger partial charge in [-0.25, -0.2) is 8.78 Å². The normalized spacial score (nSPS) is 34.9. The van der Waals surface area contributed by atoms with Crippen molar-refractivity contribution in [3.05, 3.63) is 35.6 Å². The van der Waals surface area contributed by atoms with Crippen LogP contribution in [-0.2, 0) is 9.72 Å². The third-order valence-corrected chi connectivity index (χ3v) is 7.88. The van der Waals surface area contributed by atoms with Crippen molar-refractivity contribution in [1.82, 2.24) is 0 Å². The van der Waals surface area contributed by atoms with E-state index in [4.69, 9.17) is 0 Å². The van der Waals surface area contributed by atoms with E-state index in [2.05, 4.69) is 0 Å². The van der Waals surface area contributed by atoms with E-state index in [0.717, 1.165) is 19.3 Å². The summed E-state index contributed by atoms with van der Waals surface area (Å²) in [7, 11) is -4.68. The summed E-state index contributed by atoms with van der Waals surface area (Å²) in [5.41, 5.74) is 0.0702. The average molecular weight is 358 g/mol. The summed E-state index contributed by atoms with van der Waals surface area (Å²) in [5.74, 6) is -1.51. The molecular weight excluding hydrogens is 333 g/mol. The van der Waals surface area contributed by atoms with E-state index >= 15 is 0 Å². The second-order valence-corrected chi connectivity index (χ2v) is 9.15. The minimum Gasteiger partial charge on any atom is -0.324 e. The lowest BCUT2D eigenvalue weighted by Gasteiger charge is -2.49. The molecule has 2 aliphatic rings. The van der Waals surface area contributed by atoms with E-state index < -0.39 is 36.6 Å². The zero-order valence-corrected chi connectivity index (χ0v) is 14.6. The van der Waals surface area contributed by atoms with Gasteiger partial charge in [-0.15, -0.1) is 0 Å². The molecule has 3 rings (SSSR count). The van der Waals surface area contributed by atoms with Gasteiger partial charge in [0, 0.05) is 5.56 Å². The molecule has 4 atom stereocenters. The van der Waals surface area contributed by atoms with E-state index in [0.29, 0.717) is 25.7 Å². The molecule has 0 amide bonds. The van der Waals surface area contributed by atoms with Gasteiger partial charge in [0.05, 0.1) is 0 Å². The molecule has 4 unspecified atom stereocenters. The van der Waals surface area contributed by atoms with Gasteiger partial charge in [0.25, 0.3) is 0 Å². The van der Waals surface area contributed by atoms with Crippen molar-refractivity contribution in [1.29, 1.82) is 0 Å². The van der Waals surface area contributed by atoms with Gasteiger partial charge in [0.15, 0.2) is 0 Å². The van der Waals surface area contributed by atoms with Crippen LogP contribution < -0.4 is 0 Å². The van der Waals surface area contributed by atoms with Crippen LogP contribution >= 0.6 is 7.60 Å². The van der Waals surface area contributed by atoms with Gasteiger partial charge in [-0.05, 0) is 43.6 Å². The molecular formula is C18H25F2O3P. The molecule has 0 aliphatic heterocycles. The largest absolute Gasteiger partial charge is 0.336 e. The highest BCUT2D eigenvalue weighted by atomic mass is 31.2. The molecule has 0 bridgehead atoms. The maximum Gasteiger partial charge on any atom is 0.336 e. The van der Waals surface area contributed by atoms with Crippen molar-refractivity contribution in [2.24, 2.45) is 11.8 Å². The van der Waals surface area contributed by atoms with Crippen LogP contribution in [0.4, 0.5) is 8.78 Å². The first-order valence-corrected chi connectivity index (χ1v) is 10.4. The van der Waals surface area contributed by atoms with Crippen molar-refractivity contribution >= 4 is 7.60 Å². The highest BCUT2D eigenvalue weighted by molar-refractivity contribution is 7.53. The summed E-state index contributed by atoms with van der Waals surface area (Å²) < 4.78 is 41.8. The minimum atomic E-state index is -4.68. The third kappa shape index (κ3) is 2.95. The summed E-state index contributed by atoms with van der Waals surface area (Å²) >= 11 is 0. The van der Waals surface area contributed by atoms with Gasteiger partial charge in [-0.1, -0.05) is 43.9 Å². The summed E-state index contributed by atoms with van der Waals surface area (Å²) in [4.78, 5) is 20.6. The van der Waals surface area contributed by atoms with Gasteiger partial charge in [-0.2, -0.15) is 0 Å². The molecule has 0 heterocycles. The van der Waals surface area contributed by atoms with Gasteiger partial charge in [-0.3, -0.25) is 4.57 Å². The molecule has 0 spiro atoms. The van der Waals surface area contributed by atoms with Crippen molar-refractivity contribution in [3.8, 4) is 0 Å². The van der Waals surface area contributed by atoms with Gasteiger partial charge in [0.2, 0.25) is 0 Å². The number of alkyl halides is 1. The molecule has 134 valence electrons. The Morgan fingerprint density at radius 1 is 1.04 bits per heavy atom. The summed E-state index contributed by atoms with van der Waals surface area (Å²) in [6.45, 7) is 0. The topological polar surface area (TPSA) is 57.5 Å². The Hall–Kier alpha value is -0.770. The Morgan fingerprint density at radius 2 is 1.71 bits per heavy atom. The number of hydrogen-bond acceptors (Lipinski definition) is 1. The molecule has 2 saturated carbocycles. The molecule has 6 heteroatoms. The number of benzene rings is 1. The Morgan fingerprint density at radius 3 is 2.38 bits per heavy atom. The van der Waals surface area contributed by atoms with Crippen LogP contribution in [0.2, 0.25) is 0 Å². The van der Waals surface area contributed by atoms with E-state index in [1.54, 1.807) is 6.07 Å². The van der Waals surface area contributed by atoms with E-state index in [1.165, 1.54) is 18.2 Å². The molecule has 0 aromatic heterocycles. The van der Waals surface area contributed by atoms with Crippen LogP contribution in [0.25, 0.3) is 0 Å². The summed E-state index contributed by atoms with van der Waals surface area (Å²) in [6.07, 6.45) is 3.89. The van der Waals surface area contributed by atoms with E-state index in [1.807, 2.05) is 0 Å². The third-order valence-electron chi connectivity index (χ3n) is 6.05. The predicted molar refractivity (Wildman–Crippen MR) is 88.9 cm³/mol. The quantitative estimate of drug-likeness (QED) is 0.754. The zero-order valence-electron chi connectivity index (χ0n) is 13.7. The smallest absolute Gasteiger partial charge is 0.324 e. The van der Waals surface area contributed by atoms with Crippen molar-refractivity contribution < 1.29 is 23.1 Å². The van der Waals surface area contributed by atoms with Crippen LogP contribution in [-0.4, -0.2) is 16.0 Å². The standard InChI is InChI=1S/C18H25F2O3P/c19-16-10-3-1-7-13(16)14-8-5-6-12-18(14,24(21,22)23)15-9-2-4-11-17(15)20/h2,4,9,11,13-14,16H,1,3,5-8,10,12H2,(H2,21,22,23).